The molecule has 0 aromatic heterocycles. The molecule has 3 saturated heterocycles. The zero-order valence-electron chi connectivity index (χ0n) is 13.9. The number of nitrogens with zero attached hydrogens (tertiary/aromatic N) is 2. The van der Waals surface area contributed by atoms with Gasteiger partial charge < -0.3 is 14.5 Å². The third-order valence-corrected chi connectivity index (χ3v) is 5.69. The van der Waals surface area contributed by atoms with Crippen LogP contribution in [-0.2, 0) is 9.53 Å². The van der Waals surface area contributed by atoms with Crippen LogP contribution < -0.4 is 0 Å². The van der Waals surface area contributed by atoms with Crippen molar-refractivity contribution in [3.63, 3.8) is 0 Å². The summed E-state index contributed by atoms with van der Waals surface area (Å²) in [5.41, 5.74) is 0.751. The molecule has 0 unspecified atom stereocenters. The molecule has 3 aliphatic heterocycles. The molecule has 5 heteroatoms. The van der Waals surface area contributed by atoms with Crippen LogP contribution in [0.3, 0.4) is 0 Å². The van der Waals surface area contributed by atoms with Crippen molar-refractivity contribution < 1.29 is 14.3 Å². The van der Waals surface area contributed by atoms with Crippen LogP contribution >= 0.6 is 0 Å². The molecular formula is C19H24N2O3. The number of carbonyl (C=O) groups excluding carboxylic acids is 2. The number of piperidine rings is 1. The average Bonchev–Trinajstić information content (AvgIpc) is 3.22. The summed E-state index contributed by atoms with van der Waals surface area (Å²) in [5, 5.41) is 0. The summed E-state index contributed by atoms with van der Waals surface area (Å²) in [6.45, 7) is 3.85. The molecule has 2 amide bonds. The van der Waals surface area contributed by atoms with Gasteiger partial charge >= 0.3 is 0 Å². The van der Waals surface area contributed by atoms with Gasteiger partial charge in [0.15, 0.2) is 0 Å². The zero-order chi connectivity index (χ0) is 16.5. The topological polar surface area (TPSA) is 49.9 Å². The highest BCUT2D eigenvalue weighted by molar-refractivity contribution is 5.94. The van der Waals surface area contributed by atoms with Crippen molar-refractivity contribution >= 4 is 11.8 Å². The highest BCUT2D eigenvalue weighted by Gasteiger charge is 2.43. The normalized spacial score (nSPS) is 29.8. The highest BCUT2D eigenvalue weighted by Crippen LogP contribution is 2.35. The number of likely N-dealkylation sites (tertiary alicyclic amines) is 2. The van der Waals surface area contributed by atoms with E-state index in [1.165, 1.54) is 0 Å². The van der Waals surface area contributed by atoms with E-state index in [2.05, 4.69) is 0 Å². The number of amides is 2. The van der Waals surface area contributed by atoms with E-state index in [-0.39, 0.29) is 17.9 Å². The lowest BCUT2D eigenvalue weighted by molar-refractivity contribution is -0.129. The van der Waals surface area contributed by atoms with Crippen LogP contribution in [0.1, 0.15) is 29.6 Å². The predicted octanol–water partition coefficient (Wildman–Crippen LogP) is 1.79. The first-order valence-corrected chi connectivity index (χ1v) is 8.96. The van der Waals surface area contributed by atoms with Gasteiger partial charge in [-0.1, -0.05) is 18.2 Å². The fourth-order valence-corrected chi connectivity index (χ4v) is 4.28. The Hall–Kier alpha value is -1.88. The first-order chi connectivity index (χ1) is 11.7. The van der Waals surface area contributed by atoms with Gasteiger partial charge in [0.05, 0.1) is 12.7 Å². The Labute approximate surface area is 142 Å². The Morgan fingerprint density at radius 3 is 2.79 bits per heavy atom. The number of rotatable bonds is 3. The summed E-state index contributed by atoms with van der Waals surface area (Å²) in [7, 11) is 0. The van der Waals surface area contributed by atoms with Gasteiger partial charge in [-0.25, -0.2) is 0 Å². The minimum Gasteiger partial charge on any atom is -0.376 e. The van der Waals surface area contributed by atoms with Gasteiger partial charge in [0, 0.05) is 44.1 Å². The first kappa shape index (κ1) is 15.6. The summed E-state index contributed by atoms with van der Waals surface area (Å²) in [5.74, 6) is 1.22. The number of hydrogen-bond donors (Lipinski definition) is 0. The van der Waals surface area contributed by atoms with E-state index in [0.717, 1.165) is 44.6 Å². The summed E-state index contributed by atoms with van der Waals surface area (Å²) >= 11 is 0. The lowest BCUT2D eigenvalue weighted by Crippen LogP contribution is -2.47. The summed E-state index contributed by atoms with van der Waals surface area (Å²) < 4.78 is 6.01. The van der Waals surface area contributed by atoms with Crippen molar-refractivity contribution in [3.05, 3.63) is 35.9 Å². The van der Waals surface area contributed by atoms with E-state index in [1.807, 2.05) is 40.1 Å². The Balaban J connectivity index is 1.43. The molecule has 0 N–H and O–H groups in total. The molecule has 128 valence electrons. The second-order valence-electron chi connectivity index (χ2n) is 7.14. The van der Waals surface area contributed by atoms with Crippen LogP contribution in [0.25, 0.3) is 0 Å². The molecule has 24 heavy (non-hydrogen) atoms. The summed E-state index contributed by atoms with van der Waals surface area (Å²) in [4.78, 5) is 28.5. The van der Waals surface area contributed by atoms with E-state index in [0.29, 0.717) is 24.8 Å². The monoisotopic (exact) mass is 328 g/mol. The number of benzene rings is 1. The molecule has 3 atom stereocenters. The highest BCUT2D eigenvalue weighted by atomic mass is 16.5. The Bertz CT molecular complexity index is 618. The van der Waals surface area contributed by atoms with Crippen molar-refractivity contribution in [2.24, 2.45) is 11.8 Å². The number of hydrogen-bond acceptors (Lipinski definition) is 3. The molecule has 3 heterocycles. The van der Waals surface area contributed by atoms with Crippen LogP contribution in [0.5, 0.6) is 0 Å². The first-order valence-electron chi connectivity index (χ1n) is 8.96. The van der Waals surface area contributed by atoms with Crippen molar-refractivity contribution in [1.82, 2.24) is 9.80 Å². The van der Waals surface area contributed by atoms with Crippen LogP contribution in [0.15, 0.2) is 30.3 Å². The minimum absolute atomic E-state index is 0.0726. The molecular weight excluding hydrogens is 304 g/mol. The van der Waals surface area contributed by atoms with Crippen LogP contribution in [0, 0.1) is 11.8 Å². The second kappa shape index (κ2) is 6.55. The van der Waals surface area contributed by atoms with E-state index in [1.54, 1.807) is 0 Å². The number of carbonyl (C=O) groups is 2. The second-order valence-corrected chi connectivity index (χ2v) is 7.14. The molecule has 0 aliphatic carbocycles. The lowest BCUT2D eigenvalue weighted by Gasteiger charge is -2.36. The smallest absolute Gasteiger partial charge is 0.253 e. The molecule has 0 bridgehead atoms. The van der Waals surface area contributed by atoms with Crippen molar-refractivity contribution in [2.75, 3.05) is 32.8 Å². The maximum Gasteiger partial charge on any atom is 0.253 e. The van der Waals surface area contributed by atoms with Gasteiger partial charge in [0.25, 0.3) is 5.91 Å². The fraction of sp³-hybridized carbons (Fsp3) is 0.579. The molecule has 5 nitrogen and oxygen atoms in total. The number of fused-ring (bicyclic) bond motifs is 1. The van der Waals surface area contributed by atoms with Crippen molar-refractivity contribution in [3.8, 4) is 0 Å². The fourth-order valence-electron chi connectivity index (χ4n) is 4.28. The van der Waals surface area contributed by atoms with Crippen LogP contribution in [0.2, 0.25) is 0 Å². The Kier molecular flexibility index (Phi) is 4.27. The quantitative estimate of drug-likeness (QED) is 0.850. The van der Waals surface area contributed by atoms with Gasteiger partial charge in [0.1, 0.15) is 0 Å². The SMILES string of the molecule is O=C1CCCN1C[C@@H]1OC[C@H]2CCN(C(=O)c3ccccc3)C[C@H]21. The van der Waals surface area contributed by atoms with Gasteiger partial charge in [-0.15, -0.1) is 0 Å². The lowest BCUT2D eigenvalue weighted by atomic mass is 9.84. The zero-order valence-corrected chi connectivity index (χ0v) is 13.9. The summed E-state index contributed by atoms with van der Waals surface area (Å²) in [6.07, 6.45) is 2.69. The minimum atomic E-state index is 0.0726. The predicted molar refractivity (Wildman–Crippen MR) is 89.5 cm³/mol. The molecule has 0 spiro atoms. The maximum atomic E-state index is 12.7. The van der Waals surface area contributed by atoms with E-state index < -0.39 is 0 Å². The van der Waals surface area contributed by atoms with Gasteiger partial charge in [-0.05, 0) is 30.9 Å². The van der Waals surface area contributed by atoms with Crippen LogP contribution in [0.4, 0.5) is 0 Å². The van der Waals surface area contributed by atoms with Gasteiger partial charge in [0.2, 0.25) is 5.91 Å². The average molecular weight is 328 g/mol. The van der Waals surface area contributed by atoms with Gasteiger partial charge in [-0.2, -0.15) is 0 Å². The third-order valence-electron chi connectivity index (χ3n) is 5.69. The Morgan fingerprint density at radius 2 is 2.04 bits per heavy atom. The van der Waals surface area contributed by atoms with Gasteiger partial charge in [-0.3, -0.25) is 9.59 Å². The molecule has 1 aromatic rings. The van der Waals surface area contributed by atoms with Crippen LogP contribution in [-0.4, -0.2) is 60.5 Å². The Morgan fingerprint density at radius 1 is 1.21 bits per heavy atom. The summed E-state index contributed by atoms with van der Waals surface area (Å²) in [6, 6.07) is 9.48. The van der Waals surface area contributed by atoms with Crippen molar-refractivity contribution in [2.45, 2.75) is 25.4 Å². The molecule has 0 radical (unpaired) electrons. The molecule has 0 saturated carbocycles. The van der Waals surface area contributed by atoms with E-state index in [9.17, 15) is 9.59 Å². The standard InChI is InChI=1S/C19H24N2O3/c22-18-7-4-9-20(18)12-17-16-11-21(10-8-15(16)13-24-17)19(23)14-5-2-1-3-6-14/h1-3,5-6,15-17H,4,7-13H2/t15-,16-,17+/m1/s1. The van der Waals surface area contributed by atoms with E-state index in [4.69, 9.17) is 4.74 Å². The maximum absolute atomic E-state index is 12.7. The molecule has 1 aromatic carbocycles. The molecule has 3 aliphatic rings. The van der Waals surface area contributed by atoms with E-state index >= 15 is 0 Å². The third kappa shape index (κ3) is 2.93. The number of ether oxygens (including phenoxy) is 1. The largest absolute Gasteiger partial charge is 0.376 e. The van der Waals surface area contributed by atoms with Crippen molar-refractivity contribution in [1.29, 1.82) is 0 Å². The molecule has 4 rings (SSSR count). The molecule has 3 fully saturated rings.